The maximum Gasteiger partial charge on any atom is 0.409 e. The van der Waals surface area contributed by atoms with Crippen LogP contribution in [0.1, 0.15) is 70.9 Å². The molecule has 4 rings (SSSR count). The number of nitrogens with zero attached hydrogens (tertiary/aromatic N) is 1. The van der Waals surface area contributed by atoms with Crippen LogP contribution < -0.4 is 10.1 Å². The molecular formula is C36H49ClN2O10S. The SMILES string of the molecule is COc1cc2cc(c1Cl)C(C)C(=O)C[C@H](OC(=O)[C@H](C)N(C)C(=O)CCS)C1(C)O[C@H]1[C@H](C)[C@@H]1C[C@@](O)(NC(=O)O1)[C@H](OC)/C=C/C=C(\C)C2. The smallest absolute Gasteiger partial charge is 0.409 e. The Bertz CT molecular complexity index is 1540. The number of carbonyl (C=O) groups is 4. The molecule has 1 aromatic rings. The fraction of sp³-hybridized carbons (Fsp3) is 0.611. The monoisotopic (exact) mass is 736 g/mol. The lowest BCUT2D eigenvalue weighted by Crippen LogP contribution is -2.63. The number of alkyl carbamates (subject to hydrolysis) is 1. The number of halogens is 1. The predicted octanol–water partition coefficient (Wildman–Crippen LogP) is 4.54. The average molecular weight is 737 g/mol. The molecule has 276 valence electrons. The fourth-order valence-corrected chi connectivity index (χ4v) is 7.25. The van der Waals surface area contributed by atoms with Gasteiger partial charge in [-0.15, -0.1) is 0 Å². The number of benzene rings is 1. The van der Waals surface area contributed by atoms with Crippen molar-refractivity contribution in [2.45, 2.75) is 108 Å². The molecule has 0 aromatic heterocycles. The van der Waals surface area contributed by atoms with Crippen LogP contribution in [0.3, 0.4) is 0 Å². The fourth-order valence-electron chi connectivity index (χ4n) is 6.70. The second-order valence-corrected chi connectivity index (χ2v) is 14.5. The summed E-state index contributed by atoms with van der Waals surface area (Å²) in [5.41, 5.74) is -0.643. The third-order valence-electron chi connectivity index (χ3n) is 10.1. The van der Waals surface area contributed by atoms with E-state index in [1.807, 2.05) is 25.1 Å². The lowest BCUT2D eigenvalue weighted by molar-refractivity contribution is -0.162. The lowest BCUT2D eigenvalue weighted by atomic mass is 9.82. The number of likely N-dealkylation sites (N-methyl/N-ethyl adjacent to an activating group) is 1. The number of hydrogen-bond donors (Lipinski definition) is 3. The van der Waals surface area contributed by atoms with E-state index >= 15 is 0 Å². The zero-order valence-corrected chi connectivity index (χ0v) is 31.5. The molecule has 2 aliphatic heterocycles. The van der Waals surface area contributed by atoms with Crippen LogP contribution in [0.4, 0.5) is 4.79 Å². The van der Waals surface area contributed by atoms with Gasteiger partial charge in [0.25, 0.3) is 0 Å². The quantitative estimate of drug-likeness (QED) is 0.207. The molecule has 50 heavy (non-hydrogen) atoms. The van der Waals surface area contributed by atoms with Gasteiger partial charge in [-0.3, -0.25) is 14.9 Å². The zero-order chi connectivity index (χ0) is 37.1. The van der Waals surface area contributed by atoms with Gasteiger partial charge in [0.2, 0.25) is 5.91 Å². The van der Waals surface area contributed by atoms with Crippen molar-refractivity contribution >= 4 is 48.0 Å². The maximum absolute atomic E-state index is 14.1. The number of carbonyl (C=O) groups excluding carboxylic acids is 4. The van der Waals surface area contributed by atoms with Gasteiger partial charge in [-0.1, -0.05) is 55.3 Å². The minimum Gasteiger partial charge on any atom is -0.495 e. The Balaban J connectivity index is 1.78. The molecule has 1 aliphatic carbocycles. The standard InChI is InChI=1S/C36H49ClN2O10S/c1-19-10-9-11-28(46-8)36(44)18-27(47-34(43)38-36)21(3)32-35(5,49-32)29(48-33(42)22(4)39(6)30(41)12-13-50)17-25(40)20(2)24-15-23(14-19)16-26(45-7)31(24)37/h9-11,15-16,20-22,27-29,32,44,50H,12-14,17-18H2,1-8H3,(H,38,43)/b11-9+,19-10+/t20?,21-,22+,27+,28-,29+,32+,35?,36+/m1/s1. The summed E-state index contributed by atoms with van der Waals surface area (Å²) < 4.78 is 29.1. The number of epoxide rings is 1. The van der Waals surface area contributed by atoms with Crippen LogP contribution in [-0.4, -0.2) is 103 Å². The molecule has 1 aromatic carbocycles. The molecule has 14 heteroatoms. The number of methoxy groups -OCH3 is 2. The van der Waals surface area contributed by atoms with E-state index in [0.717, 1.165) is 11.1 Å². The van der Waals surface area contributed by atoms with Gasteiger partial charge in [-0.2, -0.15) is 12.6 Å². The number of hydrogen-bond acceptors (Lipinski definition) is 11. The van der Waals surface area contributed by atoms with Gasteiger partial charge >= 0.3 is 12.1 Å². The molecular weight excluding hydrogens is 688 g/mol. The molecule has 2 amide bonds. The van der Waals surface area contributed by atoms with Gasteiger partial charge in [-0.05, 0) is 50.1 Å². The molecule has 0 radical (unpaired) electrons. The largest absolute Gasteiger partial charge is 0.495 e. The van der Waals surface area contributed by atoms with E-state index in [1.54, 1.807) is 39.8 Å². The first kappa shape index (κ1) is 39.7. The van der Waals surface area contributed by atoms with E-state index in [1.165, 1.54) is 26.2 Å². The Labute approximate surface area is 304 Å². The van der Waals surface area contributed by atoms with E-state index in [0.29, 0.717) is 28.5 Å². The summed E-state index contributed by atoms with van der Waals surface area (Å²) in [5.74, 6) is -1.77. The predicted molar refractivity (Wildman–Crippen MR) is 189 cm³/mol. The Morgan fingerprint density at radius 2 is 1.94 bits per heavy atom. The number of rotatable bonds is 7. The van der Waals surface area contributed by atoms with Crippen molar-refractivity contribution in [3.8, 4) is 5.75 Å². The molecule has 9 atom stereocenters. The van der Waals surface area contributed by atoms with Crippen molar-refractivity contribution in [1.29, 1.82) is 0 Å². The van der Waals surface area contributed by atoms with E-state index < -0.39 is 65.7 Å². The summed E-state index contributed by atoms with van der Waals surface area (Å²) in [5, 5.41) is 14.5. The van der Waals surface area contributed by atoms with Gasteiger partial charge in [-0.25, -0.2) is 9.59 Å². The molecule has 0 saturated carbocycles. The van der Waals surface area contributed by atoms with Crippen LogP contribution in [0.2, 0.25) is 5.02 Å². The van der Waals surface area contributed by atoms with E-state index in [4.69, 9.17) is 35.3 Å². The van der Waals surface area contributed by atoms with Crippen molar-refractivity contribution in [1.82, 2.24) is 10.2 Å². The third-order valence-corrected chi connectivity index (χ3v) is 10.8. The molecule has 2 saturated heterocycles. The Kier molecular flexibility index (Phi) is 12.7. The van der Waals surface area contributed by atoms with E-state index in [2.05, 4.69) is 17.9 Å². The number of allylic oxidation sites excluding steroid dienone is 3. The van der Waals surface area contributed by atoms with Gasteiger partial charge in [0, 0.05) is 45.3 Å². The molecule has 0 spiro atoms. The highest BCUT2D eigenvalue weighted by Gasteiger charge is 2.64. The Morgan fingerprint density at radius 3 is 2.58 bits per heavy atom. The van der Waals surface area contributed by atoms with E-state index in [-0.39, 0.29) is 31.0 Å². The lowest BCUT2D eigenvalue weighted by Gasteiger charge is -2.42. The van der Waals surface area contributed by atoms with E-state index in [9.17, 15) is 24.3 Å². The number of ketones is 1. The van der Waals surface area contributed by atoms with Crippen LogP contribution in [-0.2, 0) is 39.8 Å². The number of esters is 1. The number of fused-ring (bicyclic) bond motifs is 5. The summed E-state index contributed by atoms with van der Waals surface area (Å²) in [6, 6.07) is 2.72. The number of amides is 2. The van der Waals surface area contributed by atoms with Crippen molar-refractivity contribution < 1.29 is 48.0 Å². The topological polar surface area (TPSA) is 153 Å². The molecule has 2 unspecified atom stereocenters. The van der Waals surface area contributed by atoms with Crippen LogP contribution >= 0.6 is 24.2 Å². The molecule has 3 aliphatic rings. The van der Waals surface area contributed by atoms with Crippen molar-refractivity contribution in [2.24, 2.45) is 5.92 Å². The highest BCUT2D eigenvalue weighted by Crippen LogP contribution is 2.49. The zero-order valence-electron chi connectivity index (χ0n) is 29.9. The Morgan fingerprint density at radius 1 is 1.24 bits per heavy atom. The number of ether oxygens (including phenoxy) is 5. The number of aliphatic hydroxyl groups is 1. The second kappa shape index (κ2) is 16.1. The van der Waals surface area contributed by atoms with Crippen LogP contribution in [0, 0.1) is 5.92 Å². The Hall–Kier alpha value is -3.10. The molecule has 4 bridgehead atoms. The van der Waals surface area contributed by atoms with Crippen molar-refractivity contribution in [2.75, 3.05) is 27.0 Å². The first-order valence-electron chi connectivity index (χ1n) is 16.7. The minimum absolute atomic E-state index is 0.0407. The summed E-state index contributed by atoms with van der Waals surface area (Å²) in [6.07, 6.45) is 1.32. The first-order valence-corrected chi connectivity index (χ1v) is 17.7. The van der Waals surface area contributed by atoms with Gasteiger partial charge < -0.3 is 33.7 Å². The van der Waals surface area contributed by atoms with Gasteiger partial charge in [0.1, 0.15) is 41.5 Å². The summed E-state index contributed by atoms with van der Waals surface area (Å²) in [4.78, 5) is 54.3. The van der Waals surface area contributed by atoms with Crippen LogP contribution in [0.5, 0.6) is 5.75 Å². The molecule has 2 heterocycles. The molecule has 2 fully saturated rings. The normalized spacial score (nSPS) is 33.8. The summed E-state index contributed by atoms with van der Waals surface area (Å²) in [6.45, 7) is 8.76. The first-order chi connectivity index (χ1) is 23.5. The summed E-state index contributed by atoms with van der Waals surface area (Å²) in [7, 11) is 4.44. The second-order valence-electron chi connectivity index (χ2n) is 13.7. The highest BCUT2D eigenvalue weighted by molar-refractivity contribution is 7.80. The molecule has 12 nitrogen and oxygen atoms in total. The van der Waals surface area contributed by atoms with Gasteiger partial charge in [0.15, 0.2) is 5.72 Å². The van der Waals surface area contributed by atoms with Gasteiger partial charge in [0.05, 0.1) is 18.2 Å². The van der Waals surface area contributed by atoms with Crippen molar-refractivity contribution in [3.05, 3.63) is 52.1 Å². The highest BCUT2D eigenvalue weighted by atomic mass is 35.5. The maximum atomic E-state index is 14.1. The van der Waals surface area contributed by atoms with Crippen LogP contribution in [0.15, 0.2) is 35.9 Å². The van der Waals surface area contributed by atoms with Crippen molar-refractivity contribution in [3.63, 3.8) is 0 Å². The third kappa shape index (κ3) is 8.50. The number of thiol groups is 1. The number of nitrogens with one attached hydrogen (secondary N) is 1. The molecule has 2 N–H and O–H groups in total. The summed E-state index contributed by atoms with van der Waals surface area (Å²) >= 11 is 10.9. The minimum atomic E-state index is -1.81. The average Bonchev–Trinajstić information content (AvgIpc) is 3.76. The van der Waals surface area contributed by atoms with Crippen LogP contribution in [0.25, 0.3) is 0 Å². The number of Topliss-reactive ketones (excluding diaryl/α,β-unsaturated/α-hetero) is 1.